The van der Waals surface area contributed by atoms with E-state index in [0.717, 1.165) is 13.0 Å². The first-order chi connectivity index (χ1) is 8.31. The third kappa shape index (κ3) is 3.20. The van der Waals surface area contributed by atoms with Gasteiger partial charge in [0, 0.05) is 25.4 Å². The van der Waals surface area contributed by atoms with Crippen LogP contribution in [0.25, 0.3) is 0 Å². The average Bonchev–Trinajstić information content (AvgIpc) is 2.76. The summed E-state index contributed by atoms with van der Waals surface area (Å²) in [6.07, 6.45) is 0.766. The van der Waals surface area contributed by atoms with E-state index in [4.69, 9.17) is 16.3 Å². The Bertz CT molecular complexity index is 369. The fraction of sp³-hybridized carbons (Fsp3) is 0.462. The van der Waals surface area contributed by atoms with Crippen molar-refractivity contribution in [1.82, 2.24) is 4.90 Å². The Balaban J connectivity index is 2.04. The van der Waals surface area contributed by atoms with E-state index >= 15 is 0 Å². The fourth-order valence-corrected chi connectivity index (χ4v) is 2.31. The van der Waals surface area contributed by atoms with Crippen LogP contribution in [0.1, 0.15) is 12.0 Å². The van der Waals surface area contributed by atoms with E-state index in [1.54, 1.807) is 0 Å². The molecule has 92 valence electrons. The molecule has 1 aliphatic heterocycles. The topological polar surface area (TPSA) is 29.5 Å². The van der Waals surface area contributed by atoms with Crippen LogP contribution in [0, 0.1) is 0 Å². The normalized spacial score (nSPS) is 19.6. The number of hydrogen-bond acceptors (Lipinski definition) is 3. The van der Waals surface area contributed by atoms with E-state index < -0.39 is 0 Å². The van der Waals surface area contributed by atoms with Crippen molar-refractivity contribution in [2.45, 2.75) is 19.0 Å². The molecule has 0 saturated carbocycles. The van der Waals surface area contributed by atoms with Gasteiger partial charge < -0.3 is 4.74 Å². The Kier molecular flexibility index (Phi) is 4.40. The van der Waals surface area contributed by atoms with Crippen LogP contribution in [-0.4, -0.2) is 35.9 Å². The minimum Gasteiger partial charge on any atom is -0.464 e. The van der Waals surface area contributed by atoms with Crippen LogP contribution in [0.15, 0.2) is 30.3 Å². The van der Waals surface area contributed by atoms with Crippen molar-refractivity contribution in [3.8, 4) is 0 Å². The van der Waals surface area contributed by atoms with Crippen molar-refractivity contribution in [2.75, 3.05) is 19.0 Å². The van der Waals surface area contributed by atoms with Gasteiger partial charge in [-0.25, -0.2) is 0 Å². The van der Waals surface area contributed by atoms with Gasteiger partial charge in [-0.2, -0.15) is 0 Å². The zero-order valence-electron chi connectivity index (χ0n) is 9.64. The summed E-state index contributed by atoms with van der Waals surface area (Å²) in [6, 6.07) is 9.97. The second-order valence-corrected chi connectivity index (χ2v) is 4.49. The Morgan fingerprint density at radius 2 is 2.12 bits per heavy atom. The molecule has 0 aliphatic carbocycles. The number of nitrogens with zero attached hydrogens (tertiary/aromatic N) is 1. The van der Waals surface area contributed by atoms with Crippen molar-refractivity contribution >= 4 is 17.6 Å². The second-order valence-electron chi connectivity index (χ2n) is 4.12. The highest BCUT2D eigenvalue weighted by molar-refractivity contribution is 6.18. The third-order valence-electron chi connectivity index (χ3n) is 2.95. The van der Waals surface area contributed by atoms with Gasteiger partial charge in [-0.3, -0.25) is 9.69 Å². The lowest BCUT2D eigenvalue weighted by Crippen LogP contribution is -2.39. The highest BCUT2D eigenvalue weighted by atomic mass is 35.5. The Labute approximate surface area is 106 Å². The minimum atomic E-state index is -0.131. The molecule has 3 nitrogen and oxygen atoms in total. The minimum absolute atomic E-state index is 0.119. The summed E-state index contributed by atoms with van der Waals surface area (Å²) in [4.78, 5) is 13.7. The first kappa shape index (κ1) is 12.4. The van der Waals surface area contributed by atoms with Crippen LogP contribution in [0.5, 0.6) is 0 Å². The molecule has 1 unspecified atom stereocenters. The fourth-order valence-electron chi connectivity index (χ4n) is 2.09. The monoisotopic (exact) mass is 253 g/mol. The smallest absolute Gasteiger partial charge is 0.323 e. The molecule has 0 amide bonds. The van der Waals surface area contributed by atoms with Gasteiger partial charge in [0.1, 0.15) is 6.04 Å². The van der Waals surface area contributed by atoms with Crippen molar-refractivity contribution in [1.29, 1.82) is 0 Å². The van der Waals surface area contributed by atoms with Crippen LogP contribution in [-0.2, 0) is 16.1 Å². The molecule has 17 heavy (non-hydrogen) atoms. The summed E-state index contributed by atoms with van der Waals surface area (Å²) < 4.78 is 5.01. The summed E-state index contributed by atoms with van der Waals surface area (Å²) in [5.74, 6) is 0.405. The molecule has 0 radical (unpaired) electrons. The van der Waals surface area contributed by atoms with Gasteiger partial charge in [0.2, 0.25) is 0 Å². The van der Waals surface area contributed by atoms with E-state index in [9.17, 15) is 4.79 Å². The van der Waals surface area contributed by atoms with E-state index in [0.29, 0.717) is 19.0 Å². The number of esters is 1. The molecule has 1 saturated heterocycles. The van der Waals surface area contributed by atoms with E-state index in [1.807, 2.05) is 18.2 Å². The first-order valence-electron chi connectivity index (χ1n) is 5.82. The maximum absolute atomic E-state index is 11.6. The van der Waals surface area contributed by atoms with Gasteiger partial charge in [0.05, 0.1) is 6.61 Å². The molecule has 1 aromatic carbocycles. The van der Waals surface area contributed by atoms with Crippen molar-refractivity contribution in [2.24, 2.45) is 0 Å². The molecule has 4 heteroatoms. The molecular weight excluding hydrogens is 238 g/mol. The standard InChI is InChI=1S/C13H16ClNO2/c14-7-8-15(12-6-9-17-13(12)16)10-11-4-2-1-3-5-11/h1-5,12H,6-10H2. The summed E-state index contributed by atoms with van der Waals surface area (Å²) in [7, 11) is 0. The first-order valence-corrected chi connectivity index (χ1v) is 6.35. The molecule has 1 atom stereocenters. The van der Waals surface area contributed by atoms with Crippen LogP contribution >= 0.6 is 11.6 Å². The molecule has 1 aliphatic rings. The van der Waals surface area contributed by atoms with E-state index in [2.05, 4.69) is 17.0 Å². The summed E-state index contributed by atoms with van der Waals surface area (Å²) in [6.45, 7) is 1.97. The maximum atomic E-state index is 11.6. The highest BCUT2D eigenvalue weighted by Crippen LogP contribution is 2.17. The molecule has 0 spiro atoms. The number of benzene rings is 1. The second kappa shape index (κ2) is 6.03. The number of alkyl halides is 1. The summed E-state index contributed by atoms with van der Waals surface area (Å²) in [5, 5.41) is 0. The zero-order chi connectivity index (χ0) is 12.1. The zero-order valence-corrected chi connectivity index (χ0v) is 10.4. The van der Waals surface area contributed by atoms with Crippen molar-refractivity contribution < 1.29 is 9.53 Å². The summed E-state index contributed by atoms with van der Waals surface area (Å²) >= 11 is 5.79. The quantitative estimate of drug-likeness (QED) is 0.594. The highest BCUT2D eigenvalue weighted by Gasteiger charge is 2.31. The Morgan fingerprint density at radius 1 is 1.35 bits per heavy atom. The van der Waals surface area contributed by atoms with Gasteiger partial charge in [0.25, 0.3) is 0 Å². The molecule has 1 heterocycles. The largest absolute Gasteiger partial charge is 0.464 e. The van der Waals surface area contributed by atoms with Gasteiger partial charge in [-0.15, -0.1) is 11.6 Å². The predicted octanol–water partition coefficient (Wildman–Crippen LogP) is 2.04. The number of carbonyl (C=O) groups is 1. The summed E-state index contributed by atoms with van der Waals surface area (Å²) in [5.41, 5.74) is 1.19. The van der Waals surface area contributed by atoms with Crippen molar-refractivity contribution in [3.63, 3.8) is 0 Å². The number of ether oxygens (including phenoxy) is 1. The maximum Gasteiger partial charge on any atom is 0.323 e. The SMILES string of the molecule is O=C1OCCC1N(CCCl)Cc1ccccc1. The number of hydrogen-bond donors (Lipinski definition) is 0. The average molecular weight is 254 g/mol. The van der Waals surface area contributed by atoms with E-state index in [-0.39, 0.29) is 12.0 Å². The number of rotatable bonds is 5. The van der Waals surface area contributed by atoms with Crippen LogP contribution in [0.4, 0.5) is 0 Å². The number of cyclic esters (lactones) is 1. The molecule has 0 aromatic heterocycles. The molecule has 2 rings (SSSR count). The third-order valence-corrected chi connectivity index (χ3v) is 3.12. The van der Waals surface area contributed by atoms with Gasteiger partial charge in [0.15, 0.2) is 0 Å². The van der Waals surface area contributed by atoms with Gasteiger partial charge in [-0.05, 0) is 5.56 Å². The molecule has 0 N–H and O–H groups in total. The lowest BCUT2D eigenvalue weighted by Gasteiger charge is -2.25. The predicted molar refractivity (Wildman–Crippen MR) is 66.9 cm³/mol. The lowest BCUT2D eigenvalue weighted by molar-refractivity contribution is -0.142. The van der Waals surface area contributed by atoms with Gasteiger partial charge >= 0.3 is 5.97 Å². The van der Waals surface area contributed by atoms with Crippen LogP contribution in [0.3, 0.4) is 0 Å². The number of carbonyl (C=O) groups excluding carboxylic acids is 1. The molecule has 1 fully saturated rings. The van der Waals surface area contributed by atoms with Crippen LogP contribution < -0.4 is 0 Å². The lowest BCUT2D eigenvalue weighted by atomic mass is 10.1. The Hall–Kier alpha value is -1.06. The van der Waals surface area contributed by atoms with Crippen LogP contribution in [0.2, 0.25) is 0 Å². The van der Waals surface area contributed by atoms with Crippen molar-refractivity contribution in [3.05, 3.63) is 35.9 Å². The molecule has 1 aromatic rings. The van der Waals surface area contributed by atoms with E-state index in [1.165, 1.54) is 5.56 Å². The van der Waals surface area contributed by atoms with Gasteiger partial charge in [-0.1, -0.05) is 30.3 Å². The number of halogens is 1. The molecule has 0 bridgehead atoms. The molecular formula is C13H16ClNO2. The Morgan fingerprint density at radius 3 is 2.71 bits per heavy atom.